The van der Waals surface area contributed by atoms with E-state index in [1.54, 1.807) is 11.8 Å². The molecule has 0 saturated carbocycles. The number of nitrogen functional groups attached to an aromatic ring is 1. The van der Waals surface area contributed by atoms with E-state index in [0.717, 1.165) is 31.0 Å². The first-order valence-electron chi connectivity index (χ1n) is 5.57. The largest absolute Gasteiger partial charge is 0.464 e. The Morgan fingerprint density at radius 3 is 2.82 bits per heavy atom. The van der Waals surface area contributed by atoms with Gasteiger partial charge in [-0.2, -0.15) is 11.8 Å². The van der Waals surface area contributed by atoms with Crippen molar-refractivity contribution in [1.82, 2.24) is 9.55 Å². The summed E-state index contributed by atoms with van der Waals surface area (Å²) in [6.07, 6.45) is 3.83. The van der Waals surface area contributed by atoms with E-state index in [-0.39, 0.29) is 5.69 Å². The molecule has 0 saturated heterocycles. The molecule has 2 N–H and O–H groups in total. The summed E-state index contributed by atoms with van der Waals surface area (Å²) in [6, 6.07) is 0. The van der Waals surface area contributed by atoms with Gasteiger partial charge < -0.3 is 15.0 Å². The van der Waals surface area contributed by atoms with E-state index in [1.165, 1.54) is 7.11 Å². The monoisotopic (exact) mass is 257 g/mol. The Labute approximate surface area is 106 Å². The van der Waals surface area contributed by atoms with Crippen LogP contribution < -0.4 is 5.73 Å². The maximum absolute atomic E-state index is 11.5. The second kappa shape index (κ2) is 6.54. The molecule has 96 valence electrons. The van der Waals surface area contributed by atoms with Crippen molar-refractivity contribution >= 4 is 23.5 Å². The average molecular weight is 257 g/mol. The van der Waals surface area contributed by atoms with Crippen LogP contribution in [0.25, 0.3) is 0 Å². The minimum Gasteiger partial charge on any atom is -0.464 e. The fourth-order valence-corrected chi connectivity index (χ4v) is 2.06. The van der Waals surface area contributed by atoms with E-state index in [1.807, 2.05) is 11.5 Å². The van der Waals surface area contributed by atoms with Crippen molar-refractivity contribution in [3.63, 3.8) is 0 Å². The number of ether oxygens (including phenoxy) is 1. The highest BCUT2D eigenvalue weighted by molar-refractivity contribution is 7.98. The SMILES string of the molecule is CCc1nc(C(=O)OC)c(N)n1CCCSC. The molecule has 0 aliphatic heterocycles. The molecule has 0 bridgehead atoms. The number of hydrogen-bond acceptors (Lipinski definition) is 5. The Bertz CT molecular complexity index is 390. The molecule has 5 nitrogen and oxygen atoms in total. The number of nitrogens with two attached hydrogens (primary N) is 1. The number of esters is 1. The molecule has 1 aromatic heterocycles. The van der Waals surface area contributed by atoms with Crippen LogP contribution in [0.5, 0.6) is 0 Å². The molecular formula is C11H19N3O2S. The number of aryl methyl sites for hydroxylation is 1. The van der Waals surface area contributed by atoms with Crippen LogP contribution in [0.2, 0.25) is 0 Å². The minimum absolute atomic E-state index is 0.230. The summed E-state index contributed by atoms with van der Waals surface area (Å²) in [5.74, 6) is 1.84. The highest BCUT2D eigenvalue weighted by Gasteiger charge is 2.19. The quantitative estimate of drug-likeness (QED) is 0.618. The number of carbonyl (C=O) groups is 1. The molecule has 0 spiro atoms. The summed E-state index contributed by atoms with van der Waals surface area (Å²) < 4.78 is 6.56. The highest BCUT2D eigenvalue weighted by Crippen LogP contribution is 2.17. The van der Waals surface area contributed by atoms with Gasteiger partial charge >= 0.3 is 5.97 Å². The molecule has 1 heterocycles. The van der Waals surface area contributed by atoms with Gasteiger partial charge in [-0.05, 0) is 18.4 Å². The zero-order chi connectivity index (χ0) is 12.8. The van der Waals surface area contributed by atoms with E-state index >= 15 is 0 Å². The zero-order valence-corrected chi connectivity index (χ0v) is 11.3. The van der Waals surface area contributed by atoms with Crippen LogP contribution in [-0.2, 0) is 17.7 Å². The zero-order valence-electron chi connectivity index (χ0n) is 10.5. The first kappa shape index (κ1) is 13.9. The molecule has 0 unspecified atom stereocenters. The fourth-order valence-electron chi connectivity index (χ4n) is 1.65. The molecule has 0 fully saturated rings. The summed E-state index contributed by atoms with van der Waals surface area (Å²) >= 11 is 1.79. The third-order valence-electron chi connectivity index (χ3n) is 2.51. The van der Waals surface area contributed by atoms with Crippen LogP contribution in [0.15, 0.2) is 0 Å². The number of nitrogens with zero attached hydrogens (tertiary/aromatic N) is 2. The lowest BCUT2D eigenvalue weighted by molar-refractivity contribution is 0.0595. The van der Waals surface area contributed by atoms with Crippen molar-refractivity contribution in [2.75, 3.05) is 24.9 Å². The smallest absolute Gasteiger partial charge is 0.360 e. The van der Waals surface area contributed by atoms with Crippen LogP contribution in [0.1, 0.15) is 29.7 Å². The van der Waals surface area contributed by atoms with Crippen molar-refractivity contribution in [3.05, 3.63) is 11.5 Å². The van der Waals surface area contributed by atoms with E-state index in [0.29, 0.717) is 5.82 Å². The average Bonchev–Trinajstić information content (AvgIpc) is 2.66. The van der Waals surface area contributed by atoms with Crippen molar-refractivity contribution < 1.29 is 9.53 Å². The van der Waals surface area contributed by atoms with Gasteiger partial charge in [0.2, 0.25) is 0 Å². The van der Waals surface area contributed by atoms with Gasteiger partial charge in [-0.1, -0.05) is 6.92 Å². The van der Waals surface area contributed by atoms with E-state index in [9.17, 15) is 4.79 Å². The number of rotatable bonds is 6. The Morgan fingerprint density at radius 2 is 2.29 bits per heavy atom. The van der Waals surface area contributed by atoms with Crippen LogP contribution in [0, 0.1) is 0 Å². The molecule has 0 amide bonds. The van der Waals surface area contributed by atoms with Crippen molar-refractivity contribution in [2.45, 2.75) is 26.3 Å². The van der Waals surface area contributed by atoms with Crippen LogP contribution >= 0.6 is 11.8 Å². The fraction of sp³-hybridized carbons (Fsp3) is 0.636. The standard InChI is InChI=1S/C11H19N3O2S/c1-4-8-13-9(11(15)16-2)10(12)14(8)6-5-7-17-3/h4-7,12H2,1-3H3. The van der Waals surface area contributed by atoms with Gasteiger partial charge in [0.15, 0.2) is 5.69 Å². The molecule has 0 aliphatic rings. The van der Waals surface area contributed by atoms with E-state index < -0.39 is 5.97 Å². The molecule has 0 radical (unpaired) electrons. The molecule has 0 atom stereocenters. The van der Waals surface area contributed by atoms with Gasteiger partial charge in [-0.15, -0.1) is 0 Å². The topological polar surface area (TPSA) is 70.1 Å². The maximum Gasteiger partial charge on any atom is 0.360 e. The van der Waals surface area contributed by atoms with Crippen LogP contribution in [-0.4, -0.2) is 34.6 Å². The van der Waals surface area contributed by atoms with Gasteiger partial charge in [0.25, 0.3) is 0 Å². The second-order valence-electron chi connectivity index (χ2n) is 3.61. The van der Waals surface area contributed by atoms with Gasteiger partial charge in [0, 0.05) is 13.0 Å². The number of anilines is 1. The summed E-state index contributed by atoms with van der Waals surface area (Å²) in [5.41, 5.74) is 6.16. The summed E-state index contributed by atoms with van der Waals surface area (Å²) in [6.45, 7) is 2.79. The molecule has 17 heavy (non-hydrogen) atoms. The van der Waals surface area contributed by atoms with Gasteiger partial charge in [0.1, 0.15) is 11.6 Å². The molecule has 1 aromatic rings. The van der Waals surface area contributed by atoms with Gasteiger partial charge in [-0.3, -0.25) is 0 Å². The Balaban J connectivity index is 2.94. The van der Waals surface area contributed by atoms with Gasteiger partial charge in [-0.25, -0.2) is 9.78 Å². The molecule has 6 heteroatoms. The van der Waals surface area contributed by atoms with Crippen molar-refractivity contribution in [3.8, 4) is 0 Å². The summed E-state index contributed by atoms with van der Waals surface area (Å²) in [7, 11) is 1.33. The van der Waals surface area contributed by atoms with E-state index in [4.69, 9.17) is 5.73 Å². The highest BCUT2D eigenvalue weighted by atomic mass is 32.2. The predicted octanol–water partition coefficient (Wildman–Crippen LogP) is 1.57. The number of methoxy groups -OCH3 is 1. The third kappa shape index (κ3) is 3.15. The molecule has 0 aromatic carbocycles. The first-order chi connectivity index (χ1) is 8.15. The number of hydrogen-bond donors (Lipinski definition) is 1. The first-order valence-corrected chi connectivity index (χ1v) is 6.97. The van der Waals surface area contributed by atoms with E-state index in [2.05, 4.69) is 16.0 Å². The minimum atomic E-state index is -0.471. The normalized spacial score (nSPS) is 10.5. The lowest BCUT2D eigenvalue weighted by Gasteiger charge is -2.07. The van der Waals surface area contributed by atoms with Crippen molar-refractivity contribution in [2.24, 2.45) is 0 Å². The molecule has 1 rings (SSSR count). The third-order valence-corrected chi connectivity index (χ3v) is 3.21. The lowest BCUT2D eigenvalue weighted by atomic mass is 10.4. The van der Waals surface area contributed by atoms with Crippen molar-refractivity contribution in [1.29, 1.82) is 0 Å². The Hall–Kier alpha value is -1.17. The summed E-state index contributed by atoms with van der Waals surface area (Å²) in [5, 5.41) is 0. The van der Waals surface area contributed by atoms with Gasteiger partial charge in [0.05, 0.1) is 7.11 Å². The molecule has 0 aliphatic carbocycles. The number of thioether (sulfide) groups is 1. The second-order valence-corrected chi connectivity index (χ2v) is 4.59. The maximum atomic E-state index is 11.5. The number of carbonyl (C=O) groups excluding carboxylic acids is 1. The number of imidazole rings is 1. The van der Waals surface area contributed by atoms with Crippen LogP contribution in [0.3, 0.4) is 0 Å². The number of aromatic nitrogens is 2. The Kier molecular flexibility index (Phi) is 5.34. The lowest BCUT2D eigenvalue weighted by Crippen LogP contribution is -2.10. The predicted molar refractivity (Wildman–Crippen MR) is 70.4 cm³/mol. The summed E-state index contributed by atoms with van der Waals surface area (Å²) in [4.78, 5) is 15.7. The molecular weight excluding hydrogens is 238 g/mol. The Morgan fingerprint density at radius 1 is 1.59 bits per heavy atom. The van der Waals surface area contributed by atoms with Crippen LogP contribution in [0.4, 0.5) is 5.82 Å².